The van der Waals surface area contributed by atoms with Crippen LogP contribution >= 0.6 is 11.3 Å². The molecule has 0 nitrogen and oxygen atoms in total. The molecular formula is C41H28S. The van der Waals surface area contributed by atoms with E-state index in [9.17, 15) is 0 Å². The third-order valence-corrected chi connectivity index (χ3v) is 10.7. The largest absolute Gasteiger partial charge is 0.134 e. The lowest BCUT2D eigenvalue weighted by Gasteiger charge is -2.22. The minimum absolute atomic E-state index is 0.0227. The predicted molar refractivity (Wildman–Crippen MR) is 183 cm³/mol. The Hall–Kier alpha value is -4.72. The van der Waals surface area contributed by atoms with E-state index in [4.69, 9.17) is 0 Å². The molecule has 198 valence electrons. The molecule has 0 unspecified atom stereocenters. The van der Waals surface area contributed by atoms with Gasteiger partial charge >= 0.3 is 0 Å². The summed E-state index contributed by atoms with van der Waals surface area (Å²) in [6.45, 7) is 4.78. The van der Waals surface area contributed by atoms with Gasteiger partial charge in [0, 0.05) is 20.6 Å². The van der Waals surface area contributed by atoms with Gasteiger partial charge in [0.25, 0.3) is 0 Å². The number of thiophene rings is 1. The predicted octanol–water partition coefficient (Wildman–Crippen LogP) is 12.0. The number of hydrogen-bond donors (Lipinski definition) is 0. The fraction of sp³-hybridized carbons (Fsp3) is 0.0732. The molecule has 0 spiro atoms. The molecule has 0 N–H and O–H groups in total. The summed E-state index contributed by atoms with van der Waals surface area (Å²) in [5.41, 5.74) is 9.56. The standard InChI is InChI=1S/C41H28S/c1-41(2)35-24-10-9-20-32(35)40-38(41)34-23-12-22-33(39(34)42-40)37-30-18-7-5-16-28(30)36(29-17-6-8-19-31(29)37)27-21-11-14-25-13-3-4-15-26(25)27/h3-24H,1-2H3. The van der Waals surface area contributed by atoms with Crippen LogP contribution in [-0.2, 0) is 5.41 Å². The Morgan fingerprint density at radius 3 is 1.62 bits per heavy atom. The van der Waals surface area contributed by atoms with Crippen LogP contribution in [0.4, 0.5) is 0 Å². The van der Waals surface area contributed by atoms with E-state index in [0.29, 0.717) is 0 Å². The zero-order valence-electron chi connectivity index (χ0n) is 23.6. The summed E-state index contributed by atoms with van der Waals surface area (Å²) < 4.78 is 1.39. The fourth-order valence-corrected chi connectivity index (χ4v) is 9.16. The zero-order valence-corrected chi connectivity index (χ0v) is 24.4. The highest BCUT2D eigenvalue weighted by atomic mass is 32.1. The van der Waals surface area contributed by atoms with Gasteiger partial charge in [-0.25, -0.2) is 0 Å². The molecule has 9 rings (SSSR count). The van der Waals surface area contributed by atoms with Crippen LogP contribution in [0.15, 0.2) is 133 Å². The van der Waals surface area contributed by atoms with Crippen molar-refractivity contribution in [2.24, 2.45) is 0 Å². The first-order valence-electron chi connectivity index (χ1n) is 14.7. The highest BCUT2D eigenvalue weighted by Crippen LogP contribution is 2.57. The number of hydrogen-bond acceptors (Lipinski definition) is 1. The summed E-state index contributed by atoms with van der Waals surface area (Å²) in [4.78, 5) is 1.43. The summed E-state index contributed by atoms with van der Waals surface area (Å²) in [6.07, 6.45) is 0. The lowest BCUT2D eigenvalue weighted by atomic mass is 9.81. The molecule has 1 heterocycles. The van der Waals surface area contributed by atoms with Crippen molar-refractivity contribution in [3.05, 3.63) is 145 Å². The van der Waals surface area contributed by atoms with Crippen LogP contribution in [0.5, 0.6) is 0 Å². The maximum atomic E-state index is 2.39. The van der Waals surface area contributed by atoms with E-state index >= 15 is 0 Å². The summed E-state index contributed by atoms with van der Waals surface area (Å²) in [5.74, 6) is 0. The first-order chi connectivity index (χ1) is 20.6. The molecule has 0 bridgehead atoms. The molecule has 7 aromatic carbocycles. The fourth-order valence-electron chi connectivity index (χ4n) is 7.64. The van der Waals surface area contributed by atoms with Crippen molar-refractivity contribution in [2.45, 2.75) is 19.3 Å². The molecule has 1 aliphatic carbocycles. The van der Waals surface area contributed by atoms with E-state index in [1.165, 1.54) is 86.2 Å². The van der Waals surface area contributed by atoms with Crippen LogP contribution in [-0.4, -0.2) is 0 Å². The molecule has 42 heavy (non-hydrogen) atoms. The van der Waals surface area contributed by atoms with E-state index in [1.807, 2.05) is 11.3 Å². The molecule has 0 fully saturated rings. The second kappa shape index (κ2) is 8.64. The van der Waals surface area contributed by atoms with Gasteiger partial charge in [0.1, 0.15) is 0 Å². The first-order valence-corrected chi connectivity index (χ1v) is 15.5. The van der Waals surface area contributed by atoms with Crippen molar-refractivity contribution in [2.75, 3.05) is 0 Å². The molecule has 8 aromatic rings. The smallest absolute Gasteiger partial charge is 0.0431 e. The third kappa shape index (κ3) is 3.12. The maximum Gasteiger partial charge on any atom is 0.0431 e. The average molecular weight is 553 g/mol. The van der Waals surface area contributed by atoms with Gasteiger partial charge in [-0.05, 0) is 71.1 Å². The van der Waals surface area contributed by atoms with E-state index in [2.05, 4.69) is 147 Å². The van der Waals surface area contributed by atoms with Gasteiger partial charge in [-0.15, -0.1) is 11.3 Å². The summed E-state index contributed by atoms with van der Waals surface area (Å²) in [7, 11) is 0. The number of benzene rings is 7. The molecule has 0 saturated carbocycles. The van der Waals surface area contributed by atoms with E-state index in [-0.39, 0.29) is 5.41 Å². The molecule has 0 radical (unpaired) electrons. The van der Waals surface area contributed by atoms with Crippen molar-refractivity contribution in [3.8, 4) is 32.7 Å². The monoisotopic (exact) mass is 552 g/mol. The Kier molecular flexibility index (Phi) is 4.93. The topological polar surface area (TPSA) is 0 Å². The van der Waals surface area contributed by atoms with Gasteiger partial charge in [0.15, 0.2) is 0 Å². The van der Waals surface area contributed by atoms with Crippen LogP contribution in [0.1, 0.15) is 25.0 Å². The molecule has 1 heteroatoms. The summed E-state index contributed by atoms with van der Waals surface area (Å²) >= 11 is 1.97. The SMILES string of the molecule is CC1(C)c2ccccc2-c2sc3c(-c4c5ccccc5c(-c5cccc6ccccc56)c5ccccc45)cccc3c21. The van der Waals surface area contributed by atoms with Crippen molar-refractivity contribution in [3.63, 3.8) is 0 Å². The van der Waals surface area contributed by atoms with Crippen molar-refractivity contribution in [1.82, 2.24) is 0 Å². The molecule has 1 aliphatic rings. The first kappa shape index (κ1) is 23.9. The lowest BCUT2D eigenvalue weighted by molar-refractivity contribution is 0.667. The molecule has 0 saturated heterocycles. The molecule has 1 aromatic heterocycles. The summed E-state index contributed by atoms with van der Waals surface area (Å²) in [6, 6.07) is 49.5. The van der Waals surface area contributed by atoms with Gasteiger partial charge in [0.2, 0.25) is 0 Å². The summed E-state index contributed by atoms with van der Waals surface area (Å²) in [5, 5.41) is 9.16. The molecule has 0 aliphatic heterocycles. The normalized spacial score (nSPS) is 13.7. The van der Waals surface area contributed by atoms with Crippen LogP contribution in [0.25, 0.3) is 75.1 Å². The van der Waals surface area contributed by atoms with Gasteiger partial charge < -0.3 is 0 Å². The highest BCUT2D eigenvalue weighted by molar-refractivity contribution is 7.23. The minimum Gasteiger partial charge on any atom is -0.134 e. The van der Waals surface area contributed by atoms with Crippen LogP contribution in [0, 0.1) is 0 Å². The van der Waals surface area contributed by atoms with E-state index in [1.54, 1.807) is 0 Å². The van der Waals surface area contributed by atoms with Crippen LogP contribution in [0.3, 0.4) is 0 Å². The molecular weight excluding hydrogens is 525 g/mol. The van der Waals surface area contributed by atoms with Crippen molar-refractivity contribution >= 4 is 53.7 Å². The third-order valence-electron chi connectivity index (χ3n) is 9.45. The van der Waals surface area contributed by atoms with Crippen LogP contribution < -0.4 is 0 Å². The van der Waals surface area contributed by atoms with Crippen molar-refractivity contribution < 1.29 is 0 Å². The minimum atomic E-state index is -0.0227. The van der Waals surface area contributed by atoms with Gasteiger partial charge in [-0.2, -0.15) is 0 Å². The Bertz CT molecular complexity index is 2320. The zero-order chi connectivity index (χ0) is 28.0. The van der Waals surface area contributed by atoms with E-state index in [0.717, 1.165) is 0 Å². The van der Waals surface area contributed by atoms with Crippen LogP contribution in [0.2, 0.25) is 0 Å². The molecule has 0 amide bonds. The maximum absolute atomic E-state index is 2.39. The molecule has 0 atom stereocenters. The second-order valence-corrected chi connectivity index (χ2v) is 13.0. The number of fused-ring (bicyclic) bond motifs is 8. The second-order valence-electron chi connectivity index (χ2n) is 12.0. The Labute approximate surface area is 249 Å². The van der Waals surface area contributed by atoms with Crippen molar-refractivity contribution in [1.29, 1.82) is 0 Å². The number of rotatable bonds is 2. The Balaban J connectivity index is 1.42. The lowest BCUT2D eigenvalue weighted by Crippen LogP contribution is -2.14. The van der Waals surface area contributed by atoms with Gasteiger partial charge in [-0.1, -0.05) is 147 Å². The average Bonchev–Trinajstić information content (AvgIpc) is 3.54. The Morgan fingerprint density at radius 2 is 0.905 bits per heavy atom. The van der Waals surface area contributed by atoms with E-state index < -0.39 is 0 Å². The van der Waals surface area contributed by atoms with Gasteiger partial charge in [0.05, 0.1) is 0 Å². The highest BCUT2D eigenvalue weighted by Gasteiger charge is 2.38. The van der Waals surface area contributed by atoms with Gasteiger partial charge in [-0.3, -0.25) is 0 Å². The Morgan fingerprint density at radius 1 is 0.429 bits per heavy atom. The quantitative estimate of drug-likeness (QED) is 0.187.